The molecule has 0 aliphatic rings. The molecule has 1 heterocycles. The number of nitrogens with two attached hydrogens (primary N) is 1. The van der Waals surface area contributed by atoms with E-state index in [9.17, 15) is 0 Å². The molecule has 0 fully saturated rings. The van der Waals surface area contributed by atoms with E-state index in [0.29, 0.717) is 0 Å². The Morgan fingerprint density at radius 2 is 2.62 bits per heavy atom. The van der Waals surface area contributed by atoms with Crippen LogP contribution in [0.4, 0.5) is 5.82 Å². The first-order valence-electron chi connectivity index (χ1n) is 2.25. The van der Waals surface area contributed by atoms with Crippen molar-refractivity contribution in [2.45, 2.75) is 0 Å². The first-order valence-corrected chi connectivity index (χ1v) is 2.25. The Morgan fingerprint density at radius 3 is 2.88 bits per heavy atom. The molecule has 0 saturated heterocycles. The Morgan fingerprint density at radius 1 is 1.88 bits per heavy atom. The summed E-state index contributed by atoms with van der Waals surface area (Å²) in [4.78, 5) is 0. The van der Waals surface area contributed by atoms with Gasteiger partial charge in [-0.2, -0.15) is 11.3 Å². The topological polar surface area (TPSA) is 55.1 Å². The van der Waals surface area contributed by atoms with Crippen molar-refractivity contribution in [2.75, 3.05) is 5.43 Å². The monoisotopic (exact) mass is 114 g/mol. The lowest BCUT2D eigenvalue weighted by atomic mass is 10.7. The minimum absolute atomic E-state index is 0.755. The van der Waals surface area contributed by atoms with E-state index in [1.165, 1.54) is 4.74 Å². The second kappa shape index (κ2) is 1.83. The number of hydrogen-bond acceptors (Lipinski definition) is 3. The summed E-state index contributed by atoms with van der Waals surface area (Å²) in [6.07, 6.45) is 1.55. The Kier molecular flexibility index (Phi) is 1.17. The van der Waals surface area contributed by atoms with Gasteiger partial charge in [0.1, 0.15) is 7.05 Å². The fraction of sp³-hybridized carbons (Fsp3) is 0.250. The molecule has 0 spiro atoms. The third kappa shape index (κ3) is 0.651. The minimum atomic E-state index is 0.755. The van der Waals surface area contributed by atoms with Crippen molar-refractivity contribution in [1.82, 2.24) is 0 Å². The first kappa shape index (κ1) is 5.11. The van der Waals surface area contributed by atoms with Crippen LogP contribution in [0.15, 0.2) is 16.9 Å². The van der Waals surface area contributed by atoms with Crippen molar-refractivity contribution in [2.24, 2.45) is 12.9 Å². The number of nitrogen functional groups attached to an aromatic ring is 1. The largest absolute Gasteiger partial charge is 0.329 e. The van der Waals surface area contributed by atoms with Crippen LogP contribution in [0.3, 0.4) is 0 Å². The summed E-state index contributed by atoms with van der Waals surface area (Å²) in [5, 5.41) is 0. The molecule has 1 aromatic rings. The van der Waals surface area contributed by atoms with E-state index in [-0.39, 0.29) is 0 Å². The van der Waals surface area contributed by atoms with Gasteiger partial charge < -0.3 is 4.52 Å². The zero-order valence-electron chi connectivity index (χ0n) is 4.59. The van der Waals surface area contributed by atoms with Crippen molar-refractivity contribution in [3.05, 3.63) is 12.3 Å². The van der Waals surface area contributed by atoms with Gasteiger partial charge in [0, 0.05) is 0 Å². The van der Waals surface area contributed by atoms with Crippen molar-refractivity contribution < 1.29 is 9.26 Å². The third-order valence-electron chi connectivity index (χ3n) is 0.932. The molecule has 4 nitrogen and oxygen atoms in total. The Balaban J connectivity index is 2.92. The summed E-state index contributed by atoms with van der Waals surface area (Å²) in [7, 11) is 1.76. The first-order chi connectivity index (χ1) is 3.84. The molecule has 0 aliphatic carbocycles. The smallest absolute Gasteiger partial charge is 0.309 e. The molecule has 0 saturated carbocycles. The highest BCUT2D eigenvalue weighted by Gasteiger charge is 2.01. The quantitative estimate of drug-likeness (QED) is 0.291. The van der Waals surface area contributed by atoms with Gasteiger partial charge in [-0.05, 0) is 0 Å². The number of hydrazine groups is 1. The predicted octanol–water partition coefficient (Wildman–Crippen LogP) is -0.610. The highest BCUT2D eigenvalue weighted by molar-refractivity contribution is 5.21. The summed E-state index contributed by atoms with van der Waals surface area (Å²) in [6.45, 7) is 0. The number of aryl methyl sites for hydroxylation is 1. The summed E-state index contributed by atoms with van der Waals surface area (Å²) < 4.78 is 6.36. The van der Waals surface area contributed by atoms with Crippen molar-refractivity contribution >= 4 is 5.82 Å². The summed E-state index contributed by atoms with van der Waals surface area (Å²) in [5.41, 5.74) is 2.44. The molecule has 3 N–H and O–H groups in total. The van der Waals surface area contributed by atoms with Gasteiger partial charge in [0.05, 0.1) is 6.07 Å². The van der Waals surface area contributed by atoms with Crippen LogP contribution in [0.5, 0.6) is 0 Å². The van der Waals surface area contributed by atoms with E-state index in [1.807, 2.05) is 0 Å². The summed E-state index contributed by atoms with van der Waals surface area (Å²) in [6, 6.07) is 1.74. The Labute approximate surface area is 46.8 Å². The van der Waals surface area contributed by atoms with Gasteiger partial charge in [-0.25, -0.2) is 0 Å². The SMILES string of the molecule is C[n+]1occc1NN. The third-order valence-corrected chi connectivity index (χ3v) is 0.932. The van der Waals surface area contributed by atoms with E-state index in [1.54, 1.807) is 19.4 Å². The molecule has 0 aromatic carbocycles. The number of nitrogens with zero attached hydrogens (tertiary/aromatic N) is 1. The molecule has 0 amide bonds. The normalized spacial score (nSPS) is 9.25. The fourth-order valence-corrected chi connectivity index (χ4v) is 0.487. The van der Waals surface area contributed by atoms with Crippen LogP contribution >= 0.6 is 0 Å². The van der Waals surface area contributed by atoms with Crippen molar-refractivity contribution in [3.63, 3.8) is 0 Å². The van der Waals surface area contributed by atoms with Crippen LogP contribution in [-0.2, 0) is 7.05 Å². The molecule has 0 unspecified atom stereocenters. The molecule has 1 aromatic heterocycles. The van der Waals surface area contributed by atoms with E-state index in [0.717, 1.165) is 5.82 Å². The minimum Gasteiger partial charge on any atom is -0.309 e. The van der Waals surface area contributed by atoms with Gasteiger partial charge in [-0.3, -0.25) is 0 Å². The van der Waals surface area contributed by atoms with Crippen LogP contribution in [0.1, 0.15) is 0 Å². The van der Waals surface area contributed by atoms with Crippen molar-refractivity contribution in [3.8, 4) is 0 Å². The van der Waals surface area contributed by atoms with Gasteiger partial charge in [-0.15, -0.1) is 0 Å². The molecular formula is C4H8N3O+. The van der Waals surface area contributed by atoms with Gasteiger partial charge in [0.25, 0.3) is 0 Å². The average Bonchev–Trinajstić information content (AvgIpc) is 2.14. The second-order valence-corrected chi connectivity index (χ2v) is 1.44. The second-order valence-electron chi connectivity index (χ2n) is 1.44. The van der Waals surface area contributed by atoms with Gasteiger partial charge in [0.15, 0.2) is 6.26 Å². The van der Waals surface area contributed by atoms with Crippen LogP contribution in [-0.4, -0.2) is 0 Å². The van der Waals surface area contributed by atoms with Crippen molar-refractivity contribution in [1.29, 1.82) is 0 Å². The Bertz CT molecular complexity index is 172. The molecular weight excluding hydrogens is 106 g/mol. The van der Waals surface area contributed by atoms with E-state index in [2.05, 4.69) is 5.43 Å². The average molecular weight is 114 g/mol. The fourth-order valence-electron chi connectivity index (χ4n) is 0.487. The van der Waals surface area contributed by atoms with Gasteiger partial charge >= 0.3 is 5.82 Å². The van der Waals surface area contributed by atoms with E-state index < -0.39 is 0 Å². The number of hydrogen-bond donors (Lipinski definition) is 2. The summed E-state index contributed by atoms with van der Waals surface area (Å²) in [5.74, 6) is 5.82. The number of aromatic nitrogens is 1. The highest BCUT2D eigenvalue weighted by atomic mass is 16.5. The maximum absolute atomic E-state index is 5.06. The van der Waals surface area contributed by atoms with Crippen LogP contribution in [0.25, 0.3) is 0 Å². The lowest BCUT2D eigenvalue weighted by Gasteiger charge is -1.83. The molecule has 0 atom stereocenters. The van der Waals surface area contributed by atoms with E-state index >= 15 is 0 Å². The van der Waals surface area contributed by atoms with Crippen LogP contribution in [0, 0.1) is 0 Å². The summed E-state index contributed by atoms with van der Waals surface area (Å²) >= 11 is 0. The molecule has 0 bridgehead atoms. The predicted molar refractivity (Wildman–Crippen MR) is 27.7 cm³/mol. The zero-order valence-corrected chi connectivity index (χ0v) is 4.59. The molecule has 44 valence electrons. The van der Waals surface area contributed by atoms with Crippen LogP contribution < -0.4 is 16.0 Å². The number of nitrogens with one attached hydrogen (secondary N) is 1. The highest BCUT2D eigenvalue weighted by Crippen LogP contribution is 1.92. The van der Waals surface area contributed by atoms with Gasteiger partial charge in [-0.1, -0.05) is 4.74 Å². The van der Waals surface area contributed by atoms with E-state index in [4.69, 9.17) is 10.4 Å². The zero-order chi connectivity index (χ0) is 5.98. The number of anilines is 1. The molecule has 1 rings (SSSR count). The van der Waals surface area contributed by atoms with Gasteiger partial charge in [0.2, 0.25) is 0 Å². The molecule has 8 heavy (non-hydrogen) atoms. The maximum Gasteiger partial charge on any atom is 0.329 e. The molecule has 4 heteroatoms. The molecule has 0 radical (unpaired) electrons. The maximum atomic E-state index is 5.06. The lowest BCUT2D eigenvalue weighted by Crippen LogP contribution is -2.30. The van der Waals surface area contributed by atoms with Crippen LogP contribution in [0.2, 0.25) is 0 Å². The Hall–Kier alpha value is -1.03. The molecule has 0 aliphatic heterocycles. The lowest BCUT2D eigenvalue weighted by molar-refractivity contribution is -0.833. The number of rotatable bonds is 1. The standard InChI is InChI=1S/C4H7N3O/c1-7-4(6-5)2-3-8-7/h2-3H,5H2,1H3/p+1.